The standard InChI is InChI=1S/C19H21NO3/c1-2-22-16-9-7-15(8-10-16)20-19(21)13-14-11-12-23-18-6-4-3-5-17(14)18/h3-10,14H,2,11-13H2,1H3,(H,20,21). The number of amides is 1. The molecule has 0 radical (unpaired) electrons. The Balaban J connectivity index is 1.62. The summed E-state index contributed by atoms with van der Waals surface area (Å²) in [6.07, 6.45) is 1.33. The van der Waals surface area contributed by atoms with Gasteiger partial charge in [-0.1, -0.05) is 18.2 Å². The first-order chi connectivity index (χ1) is 11.3. The number of hydrogen-bond donors (Lipinski definition) is 1. The molecule has 0 fully saturated rings. The predicted molar refractivity (Wildman–Crippen MR) is 90.2 cm³/mol. The van der Waals surface area contributed by atoms with Gasteiger partial charge in [0.1, 0.15) is 11.5 Å². The van der Waals surface area contributed by atoms with E-state index in [1.54, 1.807) is 0 Å². The topological polar surface area (TPSA) is 47.6 Å². The molecule has 3 rings (SSSR count). The van der Waals surface area contributed by atoms with Crippen molar-refractivity contribution in [3.05, 3.63) is 54.1 Å². The largest absolute Gasteiger partial charge is 0.494 e. The highest BCUT2D eigenvalue weighted by Crippen LogP contribution is 2.35. The molecule has 0 aliphatic carbocycles. The van der Waals surface area contributed by atoms with Crippen molar-refractivity contribution in [2.75, 3.05) is 18.5 Å². The van der Waals surface area contributed by atoms with E-state index in [4.69, 9.17) is 9.47 Å². The summed E-state index contributed by atoms with van der Waals surface area (Å²) >= 11 is 0. The molecule has 120 valence electrons. The number of benzene rings is 2. The average molecular weight is 311 g/mol. The van der Waals surface area contributed by atoms with Crippen molar-refractivity contribution in [3.63, 3.8) is 0 Å². The van der Waals surface area contributed by atoms with Crippen molar-refractivity contribution in [3.8, 4) is 11.5 Å². The molecule has 4 heteroatoms. The lowest BCUT2D eigenvalue weighted by Crippen LogP contribution is -2.20. The lowest BCUT2D eigenvalue weighted by atomic mass is 9.90. The van der Waals surface area contributed by atoms with Crippen molar-refractivity contribution in [1.29, 1.82) is 0 Å². The number of carbonyl (C=O) groups is 1. The van der Waals surface area contributed by atoms with Gasteiger partial charge in [0.05, 0.1) is 13.2 Å². The van der Waals surface area contributed by atoms with Gasteiger partial charge in [-0.25, -0.2) is 0 Å². The maximum atomic E-state index is 12.3. The number of hydrogen-bond acceptors (Lipinski definition) is 3. The minimum atomic E-state index is 0.0239. The second-order valence-electron chi connectivity index (χ2n) is 5.58. The Morgan fingerprint density at radius 3 is 2.78 bits per heavy atom. The van der Waals surface area contributed by atoms with Crippen LogP contribution in [0, 0.1) is 0 Å². The highest BCUT2D eigenvalue weighted by molar-refractivity contribution is 5.91. The van der Waals surface area contributed by atoms with Crippen molar-refractivity contribution in [1.82, 2.24) is 0 Å². The van der Waals surface area contributed by atoms with Crippen LogP contribution in [0.3, 0.4) is 0 Å². The van der Waals surface area contributed by atoms with E-state index >= 15 is 0 Å². The van der Waals surface area contributed by atoms with Crippen LogP contribution in [0.15, 0.2) is 48.5 Å². The first-order valence-electron chi connectivity index (χ1n) is 8.00. The van der Waals surface area contributed by atoms with E-state index < -0.39 is 0 Å². The molecule has 0 saturated carbocycles. The van der Waals surface area contributed by atoms with E-state index in [1.165, 1.54) is 0 Å². The molecule has 2 aromatic rings. The summed E-state index contributed by atoms with van der Waals surface area (Å²) in [6, 6.07) is 15.4. The molecule has 1 aliphatic heterocycles. The quantitative estimate of drug-likeness (QED) is 0.908. The number of nitrogens with one attached hydrogen (secondary N) is 1. The van der Waals surface area contributed by atoms with Gasteiger partial charge in [0.25, 0.3) is 0 Å². The zero-order chi connectivity index (χ0) is 16.1. The molecule has 1 heterocycles. The van der Waals surface area contributed by atoms with Crippen LogP contribution in [0.2, 0.25) is 0 Å². The van der Waals surface area contributed by atoms with Gasteiger partial charge in [0, 0.05) is 12.1 Å². The average Bonchev–Trinajstić information content (AvgIpc) is 2.57. The maximum Gasteiger partial charge on any atom is 0.224 e. The summed E-state index contributed by atoms with van der Waals surface area (Å²) in [4.78, 5) is 12.3. The highest BCUT2D eigenvalue weighted by Gasteiger charge is 2.23. The molecule has 1 amide bonds. The van der Waals surface area contributed by atoms with Gasteiger partial charge in [-0.15, -0.1) is 0 Å². The number of para-hydroxylation sites is 1. The van der Waals surface area contributed by atoms with Crippen LogP contribution in [0.4, 0.5) is 5.69 Å². The summed E-state index contributed by atoms with van der Waals surface area (Å²) in [5.74, 6) is 1.94. The number of rotatable bonds is 5. The van der Waals surface area contributed by atoms with E-state index in [1.807, 2.05) is 55.5 Å². The van der Waals surface area contributed by atoms with Crippen LogP contribution >= 0.6 is 0 Å². The normalized spacial score (nSPS) is 16.1. The van der Waals surface area contributed by atoms with E-state index in [-0.39, 0.29) is 11.8 Å². The second-order valence-corrected chi connectivity index (χ2v) is 5.58. The van der Waals surface area contributed by atoms with Crippen molar-refractivity contribution in [2.45, 2.75) is 25.7 Å². The van der Waals surface area contributed by atoms with Crippen molar-refractivity contribution >= 4 is 11.6 Å². The Morgan fingerprint density at radius 1 is 1.22 bits per heavy atom. The van der Waals surface area contributed by atoms with E-state index in [9.17, 15) is 4.79 Å². The first-order valence-corrected chi connectivity index (χ1v) is 8.00. The molecule has 0 saturated heterocycles. The van der Waals surface area contributed by atoms with Crippen LogP contribution in [-0.4, -0.2) is 19.1 Å². The fraction of sp³-hybridized carbons (Fsp3) is 0.316. The molecule has 1 atom stereocenters. The van der Waals surface area contributed by atoms with Crippen LogP contribution in [-0.2, 0) is 4.79 Å². The van der Waals surface area contributed by atoms with Crippen LogP contribution < -0.4 is 14.8 Å². The molecule has 1 aliphatic rings. The molecule has 1 unspecified atom stereocenters. The summed E-state index contributed by atoms with van der Waals surface area (Å²) in [6.45, 7) is 3.24. The van der Waals surface area contributed by atoms with E-state index in [0.29, 0.717) is 19.6 Å². The molecule has 0 aromatic heterocycles. The van der Waals surface area contributed by atoms with Crippen LogP contribution in [0.25, 0.3) is 0 Å². The molecular weight excluding hydrogens is 290 g/mol. The Kier molecular flexibility index (Phi) is 4.81. The van der Waals surface area contributed by atoms with Gasteiger partial charge in [0.15, 0.2) is 0 Å². The fourth-order valence-corrected chi connectivity index (χ4v) is 2.86. The SMILES string of the molecule is CCOc1ccc(NC(=O)CC2CCOc3ccccc32)cc1. The van der Waals surface area contributed by atoms with Crippen LogP contribution in [0.1, 0.15) is 31.2 Å². The number of fused-ring (bicyclic) bond motifs is 1. The molecule has 23 heavy (non-hydrogen) atoms. The van der Waals surface area contributed by atoms with Crippen LogP contribution in [0.5, 0.6) is 11.5 Å². The molecule has 1 N–H and O–H groups in total. The maximum absolute atomic E-state index is 12.3. The first kappa shape index (κ1) is 15.4. The number of ether oxygens (including phenoxy) is 2. The second kappa shape index (κ2) is 7.18. The minimum absolute atomic E-state index is 0.0239. The van der Waals surface area contributed by atoms with Gasteiger partial charge in [0.2, 0.25) is 5.91 Å². The number of anilines is 1. The Hall–Kier alpha value is -2.49. The summed E-state index contributed by atoms with van der Waals surface area (Å²) in [7, 11) is 0. The molecule has 0 bridgehead atoms. The monoisotopic (exact) mass is 311 g/mol. The third kappa shape index (κ3) is 3.83. The summed E-state index contributed by atoms with van der Waals surface area (Å²) in [5, 5.41) is 2.95. The third-order valence-corrected chi connectivity index (χ3v) is 3.96. The number of carbonyl (C=O) groups excluding carboxylic acids is 1. The fourth-order valence-electron chi connectivity index (χ4n) is 2.86. The molecule has 2 aromatic carbocycles. The smallest absolute Gasteiger partial charge is 0.224 e. The summed E-state index contributed by atoms with van der Waals surface area (Å²) in [5.41, 5.74) is 1.92. The van der Waals surface area contributed by atoms with E-state index in [2.05, 4.69) is 5.32 Å². The molecular formula is C19H21NO3. The van der Waals surface area contributed by atoms with Gasteiger partial charge in [-0.2, -0.15) is 0 Å². The van der Waals surface area contributed by atoms with Crippen molar-refractivity contribution in [2.24, 2.45) is 0 Å². The van der Waals surface area contributed by atoms with E-state index in [0.717, 1.165) is 29.2 Å². The van der Waals surface area contributed by atoms with Gasteiger partial charge >= 0.3 is 0 Å². The third-order valence-electron chi connectivity index (χ3n) is 3.96. The summed E-state index contributed by atoms with van der Waals surface area (Å²) < 4.78 is 11.0. The van der Waals surface area contributed by atoms with Gasteiger partial charge in [-0.3, -0.25) is 4.79 Å². The lowest BCUT2D eigenvalue weighted by Gasteiger charge is -2.25. The highest BCUT2D eigenvalue weighted by atomic mass is 16.5. The molecule has 0 spiro atoms. The van der Waals surface area contributed by atoms with Crippen molar-refractivity contribution < 1.29 is 14.3 Å². The lowest BCUT2D eigenvalue weighted by molar-refractivity contribution is -0.116. The minimum Gasteiger partial charge on any atom is -0.494 e. The Bertz CT molecular complexity index is 667. The zero-order valence-electron chi connectivity index (χ0n) is 13.2. The van der Waals surface area contributed by atoms with Gasteiger partial charge < -0.3 is 14.8 Å². The Labute approximate surface area is 136 Å². The Morgan fingerprint density at radius 2 is 2.00 bits per heavy atom. The predicted octanol–water partition coefficient (Wildman–Crippen LogP) is 3.98. The molecule has 4 nitrogen and oxygen atoms in total. The zero-order valence-corrected chi connectivity index (χ0v) is 13.2. The van der Waals surface area contributed by atoms with Gasteiger partial charge in [-0.05, 0) is 55.2 Å².